The monoisotopic (exact) mass is 533 g/mol. The highest BCUT2D eigenvalue weighted by Crippen LogP contribution is 2.30. The summed E-state index contributed by atoms with van der Waals surface area (Å²) in [5.41, 5.74) is 3.24. The van der Waals surface area contributed by atoms with Crippen molar-refractivity contribution in [2.45, 2.75) is 44.8 Å². The average Bonchev–Trinajstić information content (AvgIpc) is 2.80. The number of carboxylic acid groups (broad SMARTS) is 1. The summed E-state index contributed by atoms with van der Waals surface area (Å²) in [4.78, 5) is 25.0. The van der Waals surface area contributed by atoms with Crippen LogP contribution in [0.3, 0.4) is 0 Å². The van der Waals surface area contributed by atoms with Crippen molar-refractivity contribution in [1.82, 2.24) is 5.32 Å². The van der Waals surface area contributed by atoms with Gasteiger partial charge in [0.15, 0.2) is 0 Å². The first-order valence-electron chi connectivity index (χ1n) is 11.1. The number of rotatable bonds is 9. The van der Waals surface area contributed by atoms with Crippen molar-refractivity contribution < 1.29 is 19.8 Å². The molecule has 3 aromatic carbocycles. The van der Waals surface area contributed by atoms with Crippen LogP contribution in [0.1, 0.15) is 58.0 Å². The summed E-state index contributed by atoms with van der Waals surface area (Å²) in [7, 11) is 0. The number of aliphatic hydroxyl groups excluding tert-OH is 1. The lowest BCUT2D eigenvalue weighted by Crippen LogP contribution is -2.44. The number of nitrogens with one attached hydrogen (secondary N) is 1. The third-order valence-corrected chi connectivity index (χ3v) is 6.72. The number of carbonyl (C=O) groups is 2. The molecule has 0 saturated heterocycles. The molecule has 0 aromatic heterocycles. The summed E-state index contributed by atoms with van der Waals surface area (Å²) in [6.07, 6.45) is 0.124. The average molecular weight is 535 g/mol. The fourth-order valence-corrected chi connectivity index (χ4v) is 4.83. The minimum absolute atomic E-state index is 0.00941. The molecule has 3 N–H and O–H groups in total. The third kappa shape index (κ3) is 6.98. The van der Waals surface area contributed by atoms with Crippen LogP contribution in [-0.4, -0.2) is 28.1 Å². The lowest BCUT2D eigenvalue weighted by atomic mass is 9.92. The Labute approximate surface area is 219 Å². The second kappa shape index (κ2) is 11.9. The molecular formula is C27H26Cl3NO4. The van der Waals surface area contributed by atoms with Gasteiger partial charge in [0.25, 0.3) is 5.91 Å². The maximum atomic E-state index is 13.0. The molecule has 0 heterocycles. The number of hydrogen-bond acceptors (Lipinski definition) is 3. The number of carboxylic acids is 1. The summed E-state index contributed by atoms with van der Waals surface area (Å²) in [5.74, 6) is -2.32. The first kappa shape index (κ1) is 27.0. The highest BCUT2D eigenvalue weighted by molar-refractivity contribution is 6.39. The number of aliphatic hydroxyl groups is 1. The molecule has 0 aliphatic rings. The smallest absolute Gasteiger partial charge is 0.326 e. The Morgan fingerprint density at radius 2 is 1.57 bits per heavy atom. The molecule has 1 unspecified atom stereocenters. The van der Waals surface area contributed by atoms with Gasteiger partial charge in [-0.3, -0.25) is 4.79 Å². The van der Waals surface area contributed by atoms with Crippen LogP contribution in [0.25, 0.3) is 0 Å². The number of amides is 1. The number of hydrogen-bond donors (Lipinski definition) is 3. The first-order chi connectivity index (χ1) is 16.6. The van der Waals surface area contributed by atoms with Gasteiger partial charge in [-0.1, -0.05) is 83.7 Å². The number of aryl methyl sites for hydroxylation is 2. The van der Waals surface area contributed by atoms with Gasteiger partial charge in [0, 0.05) is 10.9 Å². The van der Waals surface area contributed by atoms with Gasteiger partial charge in [0.05, 0.1) is 21.7 Å². The van der Waals surface area contributed by atoms with Crippen LogP contribution in [-0.2, 0) is 11.2 Å². The zero-order valence-electron chi connectivity index (χ0n) is 19.3. The quantitative estimate of drug-likeness (QED) is 0.288. The highest BCUT2D eigenvalue weighted by Gasteiger charge is 2.29. The molecular weight excluding hydrogens is 509 g/mol. The number of aliphatic carboxylic acids is 1. The maximum Gasteiger partial charge on any atom is 0.326 e. The largest absolute Gasteiger partial charge is 0.480 e. The van der Waals surface area contributed by atoms with E-state index in [0.717, 1.165) is 16.7 Å². The van der Waals surface area contributed by atoms with Gasteiger partial charge in [-0.25, -0.2) is 4.79 Å². The Morgan fingerprint density at radius 3 is 2.17 bits per heavy atom. The maximum absolute atomic E-state index is 13.0. The van der Waals surface area contributed by atoms with E-state index < -0.39 is 29.9 Å². The molecule has 3 aromatic rings. The van der Waals surface area contributed by atoms with E-state index in [4.69, 9.17) is 34.8 Å². The van der Waals surface area contributed by atoms with Gasteiger partial charge >= 0.3 is 5.97 Å². The Balaban J connectivity index is 1.74. The molecule has 0 saturated carbocycles. The highest BCUT2D eigenvalue weighted by atomic mass is 35.5. The summed E-state index contributed by atoms with van der Waals surface area (Å²) >= 11 is 18.8. The Kier molecular flexibility index (Phi) is 9.20. The Hall–Kier alpha value is -2.57. The van der Waals surface area contributed by atoms with Gasteiger partial charge in [-0.2, -0.15) is 0 Å². The van der Waals surface area contributed by atoms with Crippen molar-refractivity contribution in [1.29, 1.82) is 0 Å². The molecule has 0 spiro atoms. The molecule has 0 bridgehead atoms. The van der Waals surface area contributed by atoms with Crippen LogP contribution in [0, 0.1) is 6.92 Å². The molecule has 0 radical (unpaired) electrons. The molecule has 35 heavy (non-hydrogen) atoms. The van der Waals surface area contributed by atoms with E-state index in [-0.39, 0.29) is 15.6 Å². The summed E-state index contributed by atoms with van der Waals surface area (Å²) < 4.78 is 0. The van der Waals surface area contributed by atoms with Crippen molar-refractivity contribution in [2.24, 2.45) is 0 Å². The van der Waals surface area contributed by atoms with E-state index in [1.54, 1.807) is 43.3 Å². The number of halogens is 3. The molecule has 1 amide bonds. The SMILES string of the molecule is Cc1cccc([C@H](C)[C@H](NC(=O)c2c(Cl)cc(CCC(O)c3cccc(Cl)c3)cc2Cl)C(=O)O)c1. The second-order valence-electron chi connectivity index (χ2n) is 8.54. The third-order valence-electron chi connectivity index (χ3n) is 5.89. The lowest BCUT2D eigenvalue weighted by molar-refractivity contribution is -0.139. The van der Waals surface area contributed by atoms with E-state index in [1.807, 2.05) is 31.2 Å². The van der Waals surface area contributed by atoms with Gasteiger partial charge < -0.3 is 15.5 Å². The summed E-state index contributed by atoms with van der Waals surface area (Å²) in [5, 5.41) is 23.6. The van der Waals surface area contributed by atoms with Crippen molar-refractivity contribution >= 4 is 46.7 Å². The van der Waals surface area contributed by atoms with Crippen LogP contribution in [0.5, 0.6) is 0 Å². The Morgan fingerprint density at radius 1 is 0.943 bits per heavy atom. The predicted octanol–water partition coefficient (Wildman–Crippen LogP) is 6.61. The zero-order valence-corrected chi connectivity index (χ0v) is 21.5. The molecule has 184 valence electrons. The minimum atomic E-state index is -1.18. The molecule has 5 nitrogen and oxygen atoms in total. The van der Waals surface area contributed by atoms with Crippen LogP contribution in [0.4, 0.5) is 0 Å². The van der Waals surface area contributed by atoms with Gasteiger partial charge in [-0.15, -0.1) is 0 Å². The van der Waals surface area contributed by atoms with E-state index in [0.29, 0.717) is 23.4 Å². The fraction of sp³-hybridized carbons (Fsp3) is 0.259. The second-order valence-corrected chi connectivity index (χ2v) is 9.79. The molecule has 3 rings (SSSR count). The molecule has 0 fully saturated rings. The standard InChI is InChI=1S/C27H26Cl3NO4/c1-15-5-3-6-18(11-15)16(2)25(27(34)35)31-26(33)24-21(29)12-17(13-22(24)30)9-10-23(32)19-7-4-8-20(28)14-19/h3-8,11-14,16,23,25,32H,9-10H2,1-2H3,(H,31,33)(H,34,35)/t16-,23?,25-/m0/s1. The summed E-state index contributed by atoms with van der Waals surface area (Å²) in [6, 6.07) is 16.5. The Bertz CT molecular complexity index is 1210. The molecule has 8 heteroatoms. The molecule has 3 atom stereocenters. The van der Waals surface area contributed by atoms with Crippen molar-refractivity contribution in [3.63, 3.8) is 0 Å². The lowest BCUT2D eigenvalue weighted by Gasteiger charge is -2.23. The van der Waals surface area contributed by atoms with Crippen molar-refractivity contribution in [3.8, 4) is 0 Å². The fourth-order valence-electron chi connectivity index (χ4n) is 3.93. The van der Waals surface area contributed by atoms with Crippen LogP contribution in [0.15, 0.2) is 60.7 Å². The predicted molar refractivity (Wildman–Crippen MR) is 140 cm³/mol. The van der Waals surface area contributed by atoms with Crippen LogP contribution >= 0.6 is 34.8 Å². The van der Waals surface area contributed by atoms with Crippen LogP contribution < -0.4 is 5.32 Å². The first-order valence-corrected chi connectivity index (χ1v) is 12.2. The van der Waals surface area contributed by atoms with Crippen molar-refractivity contribution in [3.05, 3.63) is 104 Å². The van der Waals surface area contributed by atoms with Crippen molar-refractivity contribution in [2.75, 3.05) is 0 Å². The number of benzene rings is 3. The van der Waals surface area contributed by atoms with E-state index in [9.17, 15) is 19.8 Å². The van der Waals surface area contributed by atoms with Gasteiger partial charge in [-0.05, 0) is 60.7 Å². The van der Waals surface area contributed by atoms with Gasteiger partial charge in [0.1, 0.15) is 6.04 Å². The van der Waals surface area contributed by atoms with Gasteiger partial charge in [0.2, 0.25) is 0 Å². The topological polar surface area (TPSA) is 86.6 Å². The summed E-state index contributed by atoms with van der Waals surface area (Å²) in [6.45, 7) is 3.66. The van der Waals surface area contributed by atoms with Crippen LogP contribution in [0.2, 0.25) is 15.1 Å². The molecule has 0 aliphatic heterocycles. The number of carbonyl (C=O) groups excluding carboxylic acids is 1. The van der Waals surface area contributed by atoms with E-state index in [1.165, 1.54) is 0 Å². The molecule has 0 aliphatic carbocycles. The van der Waals surface area contributed by atoms with E-state index in [2.05, 4.69) is 5.32 Å². The minimum Gasteiger partial charge on any atom is -0.480 e. The normalized spacial score (nSPS) is 13.7. The van der Waals surface area contributed by atoms with E-state index >= 15 is 0 Å². The zero-order chi connectivity index (χ0) is 25.7.